The van der Waals surface area contributed by atoms with Crippen molar-refractivity contribution in [3.63, 3.8) is 0 Å². The molecule has 1 saturated heterocycles. The van der Waals surface area contributed by atoms with Crippen LogP contribution in [0.5, 0.6) is 0 Å². The molecule has 3 aliphatic rings. The van der Waals surface area contributed by atoms with Gasteiger partial charge in [0.25, 0.3) is 0 Å². The molecule has 1 aromatic rings. The third-order valence-electron chi connectivity index (χ3n) is 8.11. The highest BCUT2D eigenvalue weighted by Gasteiger charge is 2.68. The molecule has 9 nitrogen and oxygen atoms in total. The number of carbonyl (C=O) groups is 4. The second-order valence-corrected chi connectivity index (χ2v) is 9.99. The summed E-state index contributed by atoms with van der Waals surface area (Å²) < 4.78 is 21.3. The Morgan fingerprint density at radius 2 is 1.97 bits per heavy atom. The maximum absolute atomic E-state index is 13.8. The first-order valence-corrected chi connectivity index (χ1v) is 11.2. The number of hydrogen-bond donors (Lipinski definition) is 1. The van der Waals surface area contributed by atoms with Gasteiger partial charge in [-0.25, -0.2) is 0 Å². The normalized spacial score (nSPS) is 39.0. The Morgan fingerprint density at radius 1 is 1.24 bits per heavy atom. The second kappa shape index (κ2) is 8.27. The molecule has 9 heteroatoms. The summed E-state index contributed by atoms with van der Waals surface area (Å²) in [5.74, 6) is -3.67. The standard InChI is InChI=1S/C24H30O9/c1-12(25)32-16-10-14(21(28)30-4)23(2)8-7-13-22(29)33-17(18(26)15-6-5-9-31-15)11-24(13,3)20(23)19(16)27/h5-6,9,13-14,16-18,20,26H,7-8,10-11H2,1-4H3/t13-,14-,16-,17+,18?,20-,23-,24-/m0/s1. The van der Waals surface area contributed by atoms with Crippen LogP contribution in [0.3, 0.4) is 0 Å². The van der Waals surface area contributed by atoms with Gasteiger partial charge in [0.05, 0.1) is 25.2 Å². The van der Waals surface area contributed by atoms with E-state index in [1.807, 2.05) is 13.8 Å². The van der Waals surface area contributed by atoms with E-state index < -0.39 is 64.8 Å². The Labute approximate surface area is 191 Å². The lowest BCUT2D eigenvalue weighted by Crippen LogP contribution is -2.65. The van der Waals surface area contributed by atoms with Crippen molar-refractivity contribution in [2.45, 2.75) is 64.8 Å². The van der Waals surface area contributed by atoms with Gasteiger partial charge in [-0.2, -0.15) is 0 Å². The minimum absolute atomic E-state index is 0.0434. The molecule has 2 aliphatic carbocycles. The number of Topliss-reactive ketones (excluding diaryl/α,β-unsaturated/α-hetero) is 1. The maximum atomic E-state index is 13.8. The van der Waals surface area contributed by atoms with Crippen LogP contribution in [0.1, 0.15) is 58.3 Å². The zero-order valence-electron chi connectivity index (χ0n) is 19.2. The lowest BCUT2D eigenvalue weighted by atomic mass is 9.43. The van der Waals surface area contributed by atoms with Crippen LogP contribution in [-0.2, 0) is 33.4 Å². The number of methoxy groups -OCH3 is 1. The number of hydrogen-bond acceptors (Lipinski definition) is 9. The van der Waals surface area contributed by atoms with Gasteiger partial charge in [-0.3, -0.25) is 19.2 Å². The number of furan rings is 1. The van der Waals surface area contributed by atoms with Crippen molar-refractivity contribution in [2.75, 3.05) is 7.11 Å². The number of esters is 3. The number of ether oxygens (including phenoxy) is 3. The average molecular weight is 462 g/mol. The predicted molar refractivity (Wildman–Crippen MR) is 111 cm³/mol. The van der Waals surface area contributed by atoms with Gasteiger partial charge in [0.15, 0.2) is 11.9 Å². The summed E-state index contributed by atoms with van der Waals surface area (Å²) in [5, 5.41) is 10.8. The maximum Gasteiger partial charge on any atom is 0.309 e. The first-order chi connectivity index (χ1) is 15.5. The number of cyclic esters (lactones) is 1. The number of rotatable bonds is 4. The van der Waals surface area contributed by atoms with Crippen molar-refractivity contribution in [2.24, 2.45) is 28.6 Å². The zero-order valence-corrected chi connectivity index (χ0v) is 19.2. The fraction of sp³-hybridized carbons (Fsp3) is 0.667. The van der Waals surface area contributed by atoms with Crippen LogP contribution in [0.25, 0.3) is 0 Å². The van der Waals surface area contributed by atoms with Crippen LogP contribution in [-0.4, -0.2) is 48.1 Å². The molecule has 8 atom stereocenters. The lowest BCUT2D eigenvalue weighted by Gasteiger charge is -2.61. The molecule has 2 heterocycles. The number of fused-ring (bicyclic) bond motifs is 3. The summed E-state index contributed by atoms with van der Waals surface area (Å²) in [6.45, 7) is 4.93. The first-order valence-electron chi connectivity index (χ1n) is 11.2. The van der Waals surface area contributed by atoms with Gasteiger partial charge < -0.3 is 23.7 Å². The van der Waals surface area contributed by atoms with Crippen molar-refractivity contribution < 1.29 is 42.9 Å². The molecular weight excluding hydrogens is 432 g/mol. The van der Waals surface area contributed by atoms with Crippen LogP contribution in [0.15, 0.2) is 22.8 Å². The van der Waals surface area contributed by atoms with Gasteiger partial charge >= 0.3 is 17.9 Å². The SMILES string of the molecule is COC(=O)[C@@H]1C[C@H](OC(C)=O)C(=O)[C@H]2[C@@]1(C)CC[C@H]1C(=O)O[C@@H](C(O)c3ccco3)C[C@]21C. The van der Waals surface area contributed by atoms with E-state index in [-0.39, 0.29) is 24.4 Å². The number of aliphatic hydroxyl groups excluding tert-OH is 1. The summed E-state index contributed by atoms with van der Waals surface area (Å²) in [4.78, 5) is 51.4. The molecule has 2 saturated carbocycles. The molecule has 0 radical (unpaired) electrons. The lowest BCUT2D eigenvalue weighted by molar-refractivity contribution is -0.216. The largest absolute Gasteiger partial charge is 0.469 e. The Balaban J connectivity index is 1.76. The zero-order chi connectivity index (χ0) is 24.1. The molecule has 1 N–H and O–H groups in total. The Morgan fingerprint density at radius 3 is 2.58 bits per heavy atom. The number of ketones is 1. The molecule has 4 rings (SSSR count). The van der Waals surface area contributed by atoms with Gasteiger partial charge in [-0.15, -0.1) is 0 Å². The summed E-state index contributed by atoms with van der Waals surface area (Å²) in [5.41, 5.74) is -1.73. The minimum atomic E-state index is -1.20. The molecular formula is C24H30O9. The van der Waals surface area contributed by atoms with Crippen molar-refractivity contribution in [3.05, 3.63) is 24.2 Å². The molecule has 0 amide bonds. The third kappa shape index (κ3) is 3.66. The molecule has 3 fully saturated rings. The average Bonchev–Trinajstić information content (AvgIpc) is 3.28. The van der Waals surface area contributed by atoms with Gasteiger partial charge in [-0.05, 0) is 42.2 Å². The van der Waals surface area contributed by atoms with E-state index in [2.05, 4.69) is 0 Å². The highest BCUT2D eigenvalue weighted by atomic mass is 16.6. The fourth-order valence-corrected chi connectivity index (χ4v) is 6.68. The third-order valence-corrected chi connectivity index (χ3v) is 8.11. The summed E-state index contributed by atoms with van der Waals surface area (Å²) in [7, 11) is 1.29. The topological polar surface area (TPSA) is 129 Å². The van der Waals surface area contributed by atoms with Gasteiger partial charge in [0, 0.05) is 19.3 Å². The van der Waals surface area contributed by atoms with Crippen molar-refractivity contribution in [3.8, 4) is 0 Å². The van der Waals surface area contributed by atoms with Gasteiger partial charge in [0.2, 0.25) is 0 Å². The molecule has 1 unspecified atom stereocenters. The number of carbonyl (C=O) groups excluding carboxylic acids is 4. The van der Waals surface area contributed by atoms with Crippen molar-refractivity contribution in [1.29, 1.82) is 0 Å². The smallest absolute Gasteiger partial charge is 0.309 e. The molecule has 0 bridgehead atoms. The summed E-state index contributed by atoms with van der Waals surface area (Å²) in [6, 6.07) is 3.22. The summed E-state index contributed by atoms with van der Waals surface area (Å²) >= 11 is 0. The molecule has 180 valence electrons. The summed E-state index contributed by atoms with van der Waals surface area (Å²) in [6.07, 6.45) is -0.700. The monoisotopic (exact) mass is 462 g/mol. The van der Waals surface area contributed by atoms with Crippen LogP contribution >= 0.6 is 0 Å². The molecule has 1 aromatic heterocycles. The van der Waals surface area contributed by atoms with E-state index in [1.54, 1.807) is 12.1 Å². The van der Waals surface area contributed by atoms with Crippen molar-refractivity contribution >= 4 is 23.7 Å². The molecule has 1 aliphatic heterocycles. The molecule has 33 heavy (non-hydrogen) atoms. The minimum Gasteiger partial charge on any atom is -0.469 e. The van der Waals surface area contributed by atoms with E-state index in [0.29, 0.717) is 12.8 Å². The highest BCUT2D eigenvalue weighted by molar-refractivity contribution is 5.93. The molecule has 0 aromatic carbocycles. The Hall–Kier alpha value is -2.68. The van der Waals surface area contributed by atoms with E-state index in [4.69, 9.17) is 18.6 Å². The Bertz CT molecular complexity index is 953. The van der Waals surface area contributed by atoms with Gasteiger partial charge in [0.1, 0.15) is 18.0 Å². The first kappa shape index (κ1) is 23.5. The fourth-order valence-electron chi connectivity index (χ4n) is 6.68. The van der Waals surface area contributed by atoms with Gasteiger partial charge in [-0.1, -0.05) is 13.8 Å². The van der Waals surface area contributed by atoms with E-state index in [1.165, 1.54) is 20.3 Å². The van der Waals surface area contributed by atoms with E-state index in [9.17, 15) is 24.3 Å². The van der Waals surface area contributed by atoms with Crippen LogP contribution in [0, 0.1) is 28.6 Å². The van der Waals surface area contributed by atoms with Crippen molar-refractivity contribution in [1.82, 2.24) is 0 Å². The highest BCUT2D eigenvalue weighted by Crippen LogP contribution is 2.64. The predicted octanol–water partition coefficient (Wildman–Crippen LogP) is 2.36. The van der Waals surface area contributed by atoms with Crippen LogP contribution < -0.4 is 0 Å². The number of aliphatic hydroxyl groups is 1. The quantitative estimate of drug-likeness (QED) is 0.529. The second-order valence-electron chi connectivity index (χ2n) is 9.99. The van der Waals surface area contributed by atoms with Crippen LogP contribution in [0.4, 0.5) is 0 Å². The van der Waals surface area contributed by atoms with E-state index in [0.717, 1.165) is 0 Å². The molecule has 0 spiro atoms. The Kier molecular flexibility index (Phi) is 5.88. The van der Waals surface area contributed by atoms with Crippen LogP contribution in [0.2, 0.25) is 0 Å². The van der Waals surface area contributed by atoms with E-state index >= 15 is 0 Å².